The molecule has 0 fully saturated rings. The number of nitrogens with zero attached hydrogens (tertiary/aromatic N) is 3. The molecule has 31 heavy (non-hydrogen) atoms. The molecule has 11 heteroatoms. The number of aromatic nitrogens is 3. The van der Waals surface area contributed by atoms with Crippen LogP contribution >= 0.6 is 0 Å². The van der Waals surface area contributed by atoms with Crippen molar-refractivity contribution in [2.24, 2.45) is 0 Å². The first-order valence-corrected chi connectivity index (χ1v) is 11.0. The third kappa shape index (κ3) is 4.83. The Labute approximate surface area is 179 Å². The minimum absolute atomic E-state index is 0.0230. The van der Waals surface area contributed by atoms with Gasteiger partial charge in [-0.15, -0.1) is 0 Å². The predicted molar refractivity (Wildman–Crippen MR) is 113 cm³/mol. The van der Waals surface area contributed by atoms with Crippen molar-refractivity contribution in [1.29, 1.82) is 0 Å². The SMILES string of the molecule is CCOC(=O)c1cnc2c(S(=O)(=O)NC(C)(C)C)cnn2c1Nc1ccc(C)cc1F. The van der Waals surface area contributed by atoms with Crippen molar-refractivity contribution in [3.63, 3.8) is 0 Å². The number of carbonyl (C=O) groups is 1. The number of rotatable bonds is 6. The quantitative estimate of drug-likeness (QED) is 0.556. The highest BCUT2D eigenvalue weighted by Gasteiger charge is 2.28. The third-order valence-electron chi connectivity index (χ3n) is 4.10. The molecule has 2 aromatic heterocycles. The Morgan fingerprint density at radius 2 is 1.97 bits per heavy atom. The molecule has 1 aromatic carbocycles. The van der Waals surface area contributed by atoms with Gasteiger partial charge in [0.2, 0.25) is 10.0 Å². The summed E-state index contributed by atoms with van der Waals surface area (Å²) < 4.78 is 48.9. The summed E-state index contributed by atoms with van der Waals surface area (Å²) in [5, 5.41) is 6.94. The van der Waals surface area contributed by atoms with Gasteiger partial charge < -0.3 is 10.1 Å². The lowest BCUT2D eigenvalue weighted by molar-refractivity contribution is 0.0526. The van der Waals surface area contributed by atoms with E-state index in [1.807, 2.05) is 0 Å². The molecule has 9 nitrogen and oxygen atoms in total. The standard InChI is InChI=1S/C20H24FN5O4S/c1-6-30-19(27)13-10-22-18-16(31(28,29)25-20(3,4)5)11-23-26(18)17(13)24-15-8-7-12(2)9-14(15)21/h7-11,24-25H,6H2,1-5H3. The fraction of sp³-hybridized carbons (Fsp3) is 0.350. The van der Waals surface area contributed by atoms with Crippen molar-refractivity contribution in [2.75, 3.05) is 11.9 Å². The normalized spacial score (nSPS) is 12.2. The van der Waals surface area contributed by atoms with Crippen LogP contribution in [-0.4, -0.2) is 41.1 Å². The van der Waals surface area contributed by atoms with Crippen LogP contribution in [0.5, 0.6) is 0 Å². The van der Waals surface area contributed by atoms with Gasteiger partial charge in [-0.05, 0) is 52.3 Å². The zero-order valence-corrected chi connectivity index (χ0v) is 18.7. The fourth-order valence-corrected chi connectivity index (χ4v) is 4.37. The average Bonchev–Trinajstić information content (AvgIpc) is 3.07. The number of ether oxygens (including phenoxy) is 1. The van der Waals surface area contributed by atoms with Crippen LogP contribution in [-0.2, 0) is 14.8 Å². The Morgan fingerprint density at radius 3 is 2.58 bits per heavy atom. The lowest BCUT2D eigenvalue weighted by atomic mass is 10.1. The zero-order valence-electron chi connectivity index (χ0n) is 17.9. The van der Waals surface area contributed by atoms with Crippen molar-refractivity contribution >= 4 is 33.1 Å². The molecule has 0 aliphatic rings. The van der Waals surface area contributed by atoms with Gasteiger partial charge in [-0.3, -0.25) is 0 Å². The van der Waals surface area contributed by atoms with Crippen molar-refractivity contribution in [3.8, 4) is 0 Å². The molecule has 0 saturated carbocycles. The van der Waals surface area contributed by atoms with E-state index >= 15 is 0 Å². The van der Waals surface area contributed by atoms with E-state index in [2.05, 4.69) is 20.1 Å². The Kier molecular flexibility index (Phi) is 6.01. The van der Waals surface area contributed by atoms with Gasteiger partial charge in [0, 0.05) is 11.7 Å². The lowest BCUT2D eigenvalue weighted by Gasteiger charge is -2.19. The van der Waals surface area contributed by atoms with Gasteiger partial charge >= 0.3 is 5.97 Å². The smallest absolute Gasteiger partial charge is 0.343 e. The maximum absolute atomic E-state index is 14.5. The van der Waals surface area contributed by atoms with Crippen molar-refractivity contribution in [1.82, 2.24) is 19.3 Å². The first kappa shape index (κ1) is 22.6. The molecule has 2 N–H and O–H groups in total. The topological polar surface area (TPSA) is 115 Å². The number of sulfonamides is 1. The molecule has 0 saturated heterocycles. The van der Waals surface area contributed by atoms with Crippen LogP contribution in [0.25, 0.3) is 5.65 Å². The molecule has 166 valence electrons. The molecule has 0 bridgehead atoms. The van der Waals surface area contributed by atoms with E-state index in [-0.39, 0.29) is 34.2 Å². The highest BCUT2D eigenvalue weighted by molar-refractivity contribution is 7.89. The maximum atomic E-state index is 14.5. The highest BCUT2D eigenvalue weighted by atomic mass is 32.2. The summed E-state index contributed by atoms with van der Waals surface area (Å²) >= 11 is 0. The predicted octanol–water partition coefficient (Wildman–Crippen LogP) is 3.17. The first-order chi connectivity index (χ1) is 14.4. The molecule has 0 atom stereocenters. The molecule has 0 amide bonds. The number of anilines is 2. The van der Waals surface area contributed by atoms with Gasteiger partial charge in [-0.25, -0.2) is 27.3 Å². The summed E-state index contributed by atoms with van der Waals surface area (Å²) in [5.41, 5.74) is 0.0139. The summed E-state index contributed by atoms with van der Waals surface area (Å²) in [4.78, 5) is 16.4. The van der Waals surface area contributed by atoms with E-state index in [0.29, 0.717) is 5.56 Å². The van der Waals surface area contributed by atoms with E-state index in [0.717, 1.165) is 10.7 Å². The van der Waals surface area contributed by atoms with Crippen LogP contribution in [0.4, 0.5) is 15.9 Å². The molecule has 3 aromatic rings. The van der Waals surface area contributed by atoms with E-state index in [1.54, 1.807) is 40.7 Å². The largest absolute Gasteiger partial charge is 0.462 e. The van der Waals surface area contributed by atoms with Crippen LogP contribution < -0.4 is 10.0 Å². The second kappa shape index (κ2) is 8.23. The Morgan fingerprint density at radius 1 is 1.26 bits per heavy atom. The van der Waals surface area contributed by atoms with Crippen molar-refractivity contribution < 1.29 is 22.3 Å². The molecule has 0 unspecified atom stereocenters. The number of carbonyl (C=O) groups excluding carboxylic acids is 1. The number of esters is 1. The van der Waals surface area contributed by atoms with E-state index in [1.165, 1.54) is 18.3 Å². The van der Waals surface area contributed by atoms with E-state index < -0.39 is 27.3 Å². The van der Waals surface area contributed by atoms with Crippen LogP contribution in [0.1, 0.15) is 43.6 Å². The Bertz CT molecular complexity index is 1250. The average molecular weight is 450 g/mol. The number of benzene rings is 1. The van der Waals surface area contributed by atoms with Gasteiger partial charge in [0.15, 0.2) is 11.5 Å². The summed E-state index contributed by atoms with van der Waals surface area (Å²) in [7, 11) is -3.96. The van der Waals surface area contributed by atoms with Crippen LogP contribution in [0.2, 0.25) is 0 Å². The van der Waals surface area contributed by atoms with Crippen molar-refractivity contribution in [2.45, 2.75) is 45.1 Å². The number of halogens is 1. The Hall–Kier alpha value is -3.05. The Balaban J connectivity index is 2.20. The van der Waals surface area contributed by atoms with Gasteiger partial charge in [-0.1, -0.05) is 6.07 Å². The van der Waals surface area contributed by atoms with Crippen LogP contribution in [0, 0.1) is 12.7 Å². The minimum Gasteiger partial charge on any atom is -0.462 e. The number of fused-ring (bicyclic) bond motifs is 1. The van der Waals surface area contributed by atoms with E-state index in [4.69, 9.17) is 4.74 Å². The number of aryl methyl sites for hydroxylation is 1. The molecule has 0 aliphatic heterocycles. The maximum Gasteiger partial charge on any atom is 0.343 e. The molecule has 3 rings (SSSR count). The van der Waals surface area contributed by atoms with Gasteiger partial charge in [0.05, 0.1) is 18.5 Å². The van der Waals surface area contributed by atoms with Gasteiger partial charge in [0.25, 0.3) is 0 Å². The second-order valence-corrected chi connectivity index (χ2v) is 9.60. The van der Waals surface area contributed by atoms with Crippen LogP contribution in [0.3, 0.4) is 0 Å². The summed E-state index contributed by atoms with van der Waals surface area (Å²) in [5.74, 6) is -1.22. The van der Waals surface area contributed by atoms with Gasteiger partial charge in [0.1, 0.15) is 16.3 Å². The zero-order chi connectivity index (χ0) is 23.0. The first-order valence-electron chi connectivity index (χ1n) is 9.54. The second-order valence-electron chi connectivity index (χ2n) is 7.95. The third-order valence-corrected chi connectivity index (χ3v) is 5.85. The van der Waals surface area contributed by atoms with Crippen molar-refractivity contribution in [3.05, 3.63) is 47.5 Å². The van der Waals surface area contributed by atoms with E-state index in [9.17, 15) is 17.6 Å². The molecule has 0 aliphatic carbocycles. The van der Waals surface area contributed by atoms with Gasteiger partial charge in [-0.2, -0.15) is 9.61 Å². The number of hydrogen-bond acceptors (Lipinski definition) is 7. The molecule has 2 heterocycles. The molecule has 0 radical (unpaired) electrons. The minimum atomic E-state index is -3.96. The fourth-order valence-electron chi connectivity index (χ4n) is 2.89. The number of hydrogen-bond donors (Lipinski definition) is 2. The molecular weight excluding hydrogens is 425 g/mol. The summed E-state index contributed by atoms with van der Waals surface area (Å²) in [6.45, 7) is 8.62. The lowest BCUT2D eigenvalue weighted by Crippen LogP contribution is -2.40. The number of nitrogens with one attached hydrogen (secondary N) is 2. The molecule has 0 spiro atoms. The molecular formula is C20H24FN5O4S. The summed E-state index contributed by atoms with van der Waals surface area (Å²) in [6.07, 6.45) is 2.31. The van der Waals surface area contributed by atoms with Crippen LogP contribution in [0.15, 0.2) is 35.5 Å². The monoisotopic (exact) mass is 449 g/mol. The highest BCUT2D eigenvalue weighted by Crippen LogP contribution is 2.27. The summed E-state index contributed by atoms with van der Waals surface area (Å²) in [6, 6.07) is 4.53.